The number of aliphatic hydroxyl groups excluding tert-OH is 2. The highest BCUT2D eigenvalue weighted by molar-refractivity contribution is 4.64. The highest BCUT2D eigenvalue weighted by Gasteiger charge is 1.90. The monoisotopic (exact) mass is 218 g/mol. The SMILES string of the molecule is C=CCOCC(C)O.C=CCOCCO. The Morgan fingerprint density at radius 1 is 1.20 bits per heavy atom. The van der Waals surface area contributed by atoms with Crippen molar-refractivity contribution >= 4 is 0 Å². The van der Waals surface area contributed by atoms with Crippen LogP contribution in [0.5, 0.6) is 0 Å². The molecule has 0 bridgehead atoms. The van der Waals surface area contributed by atoms with Crippen molar-refractivity contribution in [2.45, 2.75) is 13.0 Å². The Morgan fingerprint density at radius 3 is 2.13 bits per heavy atom. The van der Waals surface area contributed by atoms with Gasteiger partial charge in [0, 0.05) is 0 Å². The largest absolute Gasteiger partial charge is 0.394 e. The van der Waals surface area contributed by atoms with Gasteiger partial charge in [0.2, 0.25) is 0 Å². The van der Waals surface area contributed by atoms with E-state index in [1.807, 2.05) is 0 Å². The van der Waals surface area contributed by atoms with Gasteiger partial charge in [-0.1, -0.05) is 12.2 Å². The first-order valence-electron chi connectivity index (χ1n) is 4.85. The lowest BCUT2D eigenvalue weighted by Crippen LogP contribution is -2.09. The van der Waals surface area contributed by atoms with Gasteiger partial charge < -0.3 is 19.7 Å². The fourth-order valence-corrected chi connectivity index (χ4v) is 0.553. The molecule has 1 atom stereocenters. The summed E-state index contributed by atoms with van der Waals surface area (Å²) in [6.45, 7) is 10.5. The van der Waals surface area contributed by atoms with E-state index in [0.717, 1.165) is 0 Å². The summed E-state index contributed by atoms with van der Waals surface area (Å²) >= 11 is 0. The molecule has 1 unspecified atom stereocenters. The number of aliphatic hydroxyl groups is 2. The zero-order valence-corrected chi connectivity index (χ0v) is 9.39. The Hall–Kier alpha value is -0.680. The molecular formula is C11H22O4. The predicted octanol–water partition coefficient (Wildman–Crippen LogP) is 0.751. The van der Waals surface area contributed by atoms with Crippen LogP contribution >= 0.6 is 0 Å². The molecule has 4 heteroatoms. The molecule has 0 aromatic heterocycles. The van der Waals surface area contributed by atoms with Gasteiger partial charge in [-0.3, -0.25) is 0 Å². The molecule has 0 radical (unpaired) electrons. The van der Waals surface area contributed by atoms with Crippen LogP contribution in [0.2, 0.25) is 0 Å². The minimum atomic E-state index is -0.366. The van der Waals surface area contributed by atoms with Gasteiger partial charge in [0.1, 0.15) is 0 Å². The first kappa shape index (κ1) is 16.7. The lowest BCUT2D eigenvalue weighted by molar-refractivity contribution is 0.0599. The van der Waals surface area contributed by atoms with Gasteiger partial charge in [-0.15, -0.1) is 13.2 Å². The van der Waals surface area contributed by atoms with E-state index in [0.29, 0.717) is 26.4 Å². The summed E-state index contributed by atoms with van der Waals surface area (Å²) in [7, 11) is 0. The van der Waals surface area contributed by atoms with E-state index in [1.54, 1.807) is 19.1 Å². The average Bonchev–Trinajstić information content (AvgIpc) is 2.20. The van der Waals surface area contributed by atoms with Crippen LogP contribution in [-0.2, 0) is 9.47 Å². The van der Waals surface area contributed by atoms with Crippen molar-refractivity contribution in [2.24, 2.45) is 0 Å². The van der Waals surface area contributed by atoms with Gasteiger partial charge in [-0.25, -0.2) is 0 Å². The van der Waals surface area contributed by atoms with Gasteiger partial charge in [0.25, 0.3) is 0 Å². The van der Waals surface area contributed by atoms with Crippen LogP contribution < -0.4 is 0 Å². The quantitative estimate of drug-likeness (QED) is 0.466. The first-order valence-corrected chi connectivity index (χ1v) is 4.85. The predicted molar refractivity (Wildman–Crippen MR) is 60.8 cm³/mol. The maximum absolute atomic E-state index is 8.62. The molecule has 0 aromatic rings. The van der Waals surface area contributed by atoms with Crippen LogP contribution in [0.25, 0.3) is 0 Å². The second-order valence-electron chi connectivity index (χ2n) is 2.76. The Bertz CT molecular complexity index is 135. The van der Waals surface area contributed by atoms with Crippen molar-refractivity contribution in [1.29, 1.82) is 0 Å². The number of rotatable bonds is 8. The molecule has 4 nitrogen and oxygen atoms in total. The van der Waals surface area contributed by atoms with Crippen LogP contribution in [0.4, 0.5) is 0 Å². The Kier molecular flexibility index (Phi) is 17.6. The number of hydrogen-bond acceptors (Lipinski definition) is 4. The van der Waals surface area contributed by atoms with Crippen molar-refractivity contribution < 1.29 is 19.7 Å². The molecule has 2 N–H and O–H groups in total. The fourth-order valence-electron chi connectivity index (χ4n) is 0.553. The summed E-state index contributed by atoms with van der Waals surface area (Å²) in [4.78, 5) is 0. The summed E-state index contributed by atoms with van der Waals surface area (Å²) in [5.74, 6) is 0. The second-order valence-corrected chi connectivity index (χ2v) is 2.76. The van der Waals surface area contributed by atoms with Crippen LogP contribution in [0.1, 0.15) is 6.92 Å². The maximum Gasteiger partial charge on any atom is 0.0745 e. The third-order valence-electron chi connectivity index (χ3n) is 1.07. The van der Waals surface area contributed by atoms with Gasteiger partial charge >= 0.3 is 0 Å². The number of ether oxygens (including phenoxy) is 2. The summed E-state index contributed by atoms with van der Waals surface area (Å²) in [5.41, 5.74) is 0. The van der Waals surface area contributed by atoms with Crippen molar-refractivity contribution in [3.63, 3.8) is 0 Å². The fraction of sp³-hybridized carbons (Fsp3) is 0.636. The molecule has 0 heterocycles. The van der Waals surface area contributed by atoms with E-state index in [9.17, 15) is 0 Å². The van der Waals surface area contributed by atoms with Gasteiger partial charge in [-0.2, -0.15) is 0 Å². The normalized spacial score (nSPS) is 11.1. The molecule has 90 valence electrons. The van der Waals surface area contributed by atoms with Crippen molar-refractivity contribution in [3.8, 4) is 0 Å². The molecule has 0 spiro atoms. The molecule has 0 amide bonds. The molecule has 0 saturated carbocycles. The van der Waals surface area contributed by atoms with E-state index >= 15 is 0 Å². The summed E-state index contributed by atoms with van der Waals surface area (Å²) in [5, 5.41) is 16.8. The summed E-state index contributed by atoms with van der Waals surface area (Å²) < 4.78 is 9.64. The maximum atomic E-state index is 8.62. The molecule has 15 heavy (non-hydrogen) atoms. The lowest BCUT2D eigenvalue weighted by atomic mass is 10.4. The van der Waals surface area contributed by atoms with Crippen LogP contribution in [-0.4, -0.2) is 49.4 Å². The zero-order valence-electron chi connectivity index (χ0n) is 9.39. The average molecular weight is 218 g/mol. The molecular weight excluding hydrogens is 196 g/mol. The van der Waals surface area contributed by atoms with Crippen molar-refractivity contribution in [2.75, 3.05) is 33.0 Å². The van der Waals surface area contributed by atoms with Gasteiger partial charge in [0.05, 0.1) is 39.1 Å². The van der Waals surface area contributed by atoms with Crippen LogP contribution in [0.15, 0.2) is 25.3 Å². The number of hydrogen-bond donors (Lipinski definition) is 2. The smallest absolute Gasteiger partial charge is 0.0745 e. The van der Waals surface area contributed by atoms with E-state index in [4.69, 9.17) is 19.7 Å². The van der Waals surface area contributed by atoms with E-state index in [2.05, 4.69) is 13.2 Å². The van der Waals surface area contributed by atoms with E-state index < -0.39 is 0 Å². The Labute approximate surface area is 91.8 Å². The topological polar surface area (TPSA) is 58.9 Å². The van der Waals surface area contributed by atoms with E-state index in [1.165, 1.54) is 0 Å². The van der Waals surface area contributed by atoms with Gasteiger partial charge in [-0.05, 0) is 6.92 Å². The second kappa shape index (κ2) is 15.8. The summed E-state index contributed by atoms with van der Waals surface area (Å²) in [6, 6.07) is 0. The minimum Gasteiger partial charge on any atom is -0.394 e. The molecule has 0 aromatic carbocycles. The third kappa shape index (κ3) is 24.7. The molecule has 0 fully saturated rings. The highest BCUT2D eigenvalue weighted by Crippen LogP contribution is 1.81. The van der Waals surface area contributed by atoms with Crippen LogP contribution in [0.3, 0.4) is 0 Å². The molecule has 0 rings (SSSR count). The Balaban J connectivity index is 0. The highest BCUT2D eigenvalue weighted by atomic mass is 16.5. The lowest BCUT2D eigenvalue weighted by Gasteiger charge is -2.01. The first-order chi connectivity index (χ1) is 7.18. The Morgan fingerprint density at radius 2 is 1.73 bits per heavy atom. The van der Waals surface area contributed by atoms with Crippen molar-refractivity contribution in [1.82, 2.24) is 0 Å². The standard InChI is InChI=1S/C6H12O2.C5H10O2/c1-3-4-8-5-6(2)7;1-2-4-7-5-3-6/h3,6-7H,1,4-5H2,2H3;2,6H,1,3-5H2. The minimum absolute atomic E-state index is 0.0911. The third-order valence-corrected chi connectivity index (χ3v) is 1.07. The molecule has 0 aliphatic carbocycles. The van der Waals surface area contributed by atoms with Gasteiger partial charge in [0.15, 0.2) is 0 Å². The molecule has 0 aliphatic rings. The van der Waals surface area contributed by atoms with E-state index in [-0.39, 0.29) is 12.7 Å². The molecule has 0 aliphatic heterocycles. The zero-order chi connectivity index (χ0) is 11.9. The molecule has 0 saturated heterocycles. The van der Waals surface area contributed by atoms with Crippen molar-refractivity contribution in [3.05, 3.63) is 25.3 Å². The summed E-state index contributed by atoms with van der Waals surface area (Å²) in [6.07, 6.45) is 2.94. The van der Waals surface area contributed by atoms with Crippen LogP contribution in [0, 0.1) is 0 Å².